The Bertz CT molecular complexity index is 353. The van der Waals surface area contributed by atoms with Crippen LogP contribution in [0.5, 0.6) is 0 Å². The molecule has 1 aromatic carbocycles. The number of hydrogen-bond acceptors (Lipinski definition) is 3. The maximum atomic E-state index is 13.4. The molecule has 0 amide bonds. The van der Waals surface area contributed by atoms with E-state index in [1.807, 2.05) is 0 Å². The molecular weight excluding hydrogens is 225 g/mol. The van der Waals surface area contributed by atoms with Crippen LogP contribution >= 0.6 is 11.8 Å². The van der Waals surface area contributed by atoms with Crippen molar-refractivity contribution in [3.8, 4) is 0 Å². The van der Waals surface area contributed by atoms with E-state index in [2.05, 4.69) is 0 Å². The number of nitrogens with two attached hydrogens (primary N) is 1. The van der Waals surface area contributed by atoms with Crippen molar-refractivity contribution in [2.45, 2.75) is 24.7 Å². The van der Waals surface area contributed by atoms with Crippen LogP contribution in [-0.4, -0.2) is 18.5 Å². The zero-order valence-corrected chi connectivity index (χ0v) is 9.93. The molecule has 1 saturated heterocycles. The molecule has 2 rings (SSSR count). The van der Waals surface area contributed by atoms with E-state index in [1.54, 1.807) is 23.9 Å². The molecule has 16 heavy (non-hydrogen) atoms. The lowest BCUT2D eigenvalue weighted by molar-refractivity contribution is 0.129. The summed E-state index contributed by atoms with van der Waals surface area (Å²) in [6.45, 7) is 0.876. The summed E-state index contributed by atoms with van der Waals surface area (Å²) in [6.07, 6.45) is 2.65. The molecule has 1 aromatic rings. The highest BCUT2D eigenvalue weighted by Crippen LogP contribution is 2.22. The third kappa shape index (κ3) is 3.12. The first kappa shape index (κ1) is 11.7. The summed E-state index contributed by atoms with van der Waals surface area (Å²) in [7, 11) is 0. The van der Waals surface area contributed by atoms with Crippen molar-refractivity contribution in [2.75, 3.05) is 18.1 Å². The van der Waals surface area contributed by atoms with E-state index in [4.69, 9.17) is 10.5 Å². The third-order valence-electron chi connectivity index (χ3n) is 2.66. The summed E-state index contributed by atoms with van der Waals surface area (Å²) in [5.41, 5.74) is 6.69. The number of rotatable bonds is 4. The van der Waals surface area contributed by atoms with E-state index < -0.39 is 0 Å². The van der Waals surface area contributed by atoms with E-state index in [9.17, 15) is 4.39 Å². The molecule has 0 radical (unpaired) electrons. The van der Waals surface area contributed by atoms with Gasteiger partial charge in [-0.05, 0) is 30.5 Å². The summed E-state index contributed by atoms with van der Waals surface area (Å²) in [5, 5.41) is 0. The minimum Gasteiger partial charge on any atom is -0.399 e. The Morgan fingerprint density at radius 2 is 2.38 bits per heavy atom. The SMILES string of the molecule is Nc1ccc(CSCC2CCCO2)c(F)c1. The molecular formula is C12H16FNOS. The van der Waals surface area contributed by atoms with Gasteiger partial charge in [0.2, 0.25) is 0 Å². The standard InChI is InChI=1S/C12H16FNOS/c13-12-6-10(14)4-3-9(12)7-16-8-11-2-1-5-15-11/h3-4,6,11H,1-2,5,7-8,14H2. The lowest BCUT2D eigenvalue weighted by Gasteiger charge is -2.09. The van der Waals surface area contributed by atoms with Gasteiger partial charge in [0.25, 0.3) is 0 Å². The first-order valence-electron chi connectivity index (χ1n) is 5.49. The minimum atomic E-state index is -0.208. The first-order chi connectivity index (χ1) is 7.75. The van der Waals surface area contributed by atoms with Crippen LogP contribution in [-0.2, 0) is 10.5 Å². The molecule has 1 aliphatic rings. The first-order valence-corrected chi connectivity index (χ1v) is 6.64. The van der Waals surface area contributed by atoms with Crippen LogP contribution in [0.4, 0.5) is 10.1 Å². The Morgan fingerprint density at radius 1 is 1.50 bits per heavy atom. The van der Waals surface area contributed by atoms with Crippen molar-refractivity contribution in [1.29, 1.82) is 0 Å². The second-order valence-electron chi connectivity index (χ2n) is 4.00. The van der Waals surface area contributed by atoms with Gasteiger partial charge in [-0.1, -0.05) is 6.07 Å². The molecule has 0 aromatic heterocycles. The van der Waals surface area contributed by atoms with E-state index in [0.29, 0.717) is 17.5 Å². The van der Waals surface area contributed by atoms with Crippen molar-refractivity contribution in [3.63, 3.8) is 0 Å². The van der Waals surface area contributed by atoms with Gasteiger partial charge in [-0.15, -0.1) is 0 Å². The molecule has 0 aliphatic carbocycles. The predicted molar refractivity (Wildman–Crippen MR) is 65.9 cm³/mol. The number of ether oxygens (including phenoxy) is 1. The van der Waals surface area contributed by atoms with Crippen LogP contribution in [0.3, 0.4) is 0 Å². The minimum absolute atomic E-state index is 0.208. The predicted octanol–water partition coefficient (Wildman–Crippen LogP) is 2.82. The summed E-state index contributed by atoms with van der Waals surface area (Å²) < 4.78 is 18.9. The Balaban J connectivity index is 1.80. The molecule has 88 valence electrons. The summed E-state index contributed by atoms with van der Waals surface area (Å²) in [5.74, 6) is 1.43. The Morgan fingerprint density at radius 3 is 3.06 bits per heavy atom. The average Bonchev–Trinajstić information content (AvgIpc) is 2.74. The van der Waals surface area contributed by atoms with E-state index in [-0.39, 0.29) is 5.82 Å². The van der Waals surface area contributed by atoms with E-state index in [0.717, 1.165) is 30.8 Å². The van der Waals surface area contributed by atoms with Gasteiger partial charge in [-0.25, -0.2) is 4.39 Å². The molecule has 2 N–H and O–H groups in total. The monoisotopic (exact) mass is 241 g/mol. The van der Waals surface area contributed by atoms with Gasteiger partial charge in [0.05, 0.1) is 6.10 Å². The quantitative estimate of drug-likeness (QED) is 0.823. The van der Waals surface area contributed by atoms with Crippen LogP contribution in [0.25, 0.3) is 0 Å². The normalized spacial score (nSPS) is 20.2. The Labute approximate surface area is 99.4 Å². The number of anilines is 1. The maximum absolute atomic E-state index is 13.4. The zero-order valence-electron chi connectivity index (χ0n) is 9.12. The fourth-order valence-electron chi connectivity index (χ4n) is 1.76. The average molecular weight is 241 g/mol. The van der Waals surface area contributed by atoms with Gasteiger partial charge in [0.15, 0.2) is 0 Å². The number of halogens is 1. The van der Waals surface area contributed by atoms with Gasteiger partial charge >= 0.3 is 0 Å². The molecule has 1 fully saturated rings. The van der Waals surface area contributed by atoms with Crippen molar-refractivity contribution in [2.24, 2.45) is 0 Å². The van der Waals surface area contributed by atoms with Crippen molar-refractivity contribution in [1.82, 2.24) is 0 Å². The second-order valence-corrected chi connectivity index (χ2v) is 5.03. The molecule has 4 heteroatoms. The second kappa shape index (κ2) is 5.55. The van der Waals surface area contributed by atoms with Gasteiger partial charge in [0, 0.05) is 23.8 Å². The molecule has 1 heterocycles. The van der Waals surface area contributed by atoms with Crippen LogP contribution in [0.2, 0.25) is 0 Å². The largest absolute Gasteiger partial charge is 0.399 e. The third-order valence-corrected chi connectivity index (χ3v) is 3.79. The zero-order chi connectivity index (χ0) is 11.4. The Kier molecular flexibility index (Phi) is 4.07. The van der Waals surface area contributed by atoms with Gasteiger partial charge in [-0.3, -0.25) is 0 Å². The topological polar surface area (TPSA) is 35.2 Å². The lowest BCUT2D eigenvalue weighted by atomic mass is 10.2. The van der Waals surface area contributed by atoms with Crippen LogP contribution < -0.4 is 5.73 Å². The van der Waals surface area contributed by atoms with Crippen molar-refractivity contribution in [3.05, 3.63) is 29.6 Å². The van der Waals surface area contributed by atoms with Crippen LogP contribution in [0.1, 0.15) is 18.4 Å². The highest BCUT2D eigenvalue weighted by atomic mass is 32.2. The number of benzene rings is 1. The molecule has 0 bridgehead atoms. The fraction of sp³-hybridized carbons (Fsp3) is 0.500. The highest BCUT2D eigenvalue weighted by Gasteiger charge is 2.15. The van der Waals surface area contributed by atoms with E-state index >= 15 is 0 Å². The summed E-state index contributed by atoms with van der Waals surface area (Å²) >= 11 is 1.72. The lowest BCUT2D eigenvalue weighted by Crippen LogP contribution is -2.08. The fourth-order valence-corrected chi connectivity index (χ4v) is 2.85. The molecule has 1 unspecified atom stereocenters. The Hall–Kier alpha value is -0.740. The molecule has 0 spiro atoms. The molecule has 1 atom stereocenters. The van der Waals surface area contributed by atoms with Crippen molar-refractivity contribution >= 4 is 17.4 Å². The molecule has 2 nitrogen and oxygen atoms in total. The number of thioether (sulfide) groups is 1. The molecule has 1 aliphatic heterocycles. The van der Waals surface area contributed by atoms with E-state index in [1.165, 1.54) is 6.07 Å². The highest BCUT2D eigenvalue weighted by molar-refractivity contribution is 7.98. The number of nitrogen functional groups attached to an aromatic ring is 1. The maximum Gasteiger partial charge on any atom is 0.129 e. The van der Waals surface area contributed by atoms with Crippen LogP contribution in [0.15, 0.2) is 18.2 Å². The van der Waals surface area contributed by atoms with Crippen molar-refractivity contribution < 1.29 is 9.13 Å². The van der Waals surface area contributed by atoms with Gasteiger partial charge in [-0.2, -0.15) is 11.8 Å². The summed E-state index contributed by atoms with van der Waals surface area (Å²) in [4.78, 5) is 0. The molecule has 0 saturated carbocycles. The van der Waals surface area contributed by atoms with Crippen LogP contribution in [0, 0.1) is 5.82 Å². The van der Waals surface area contributed by atoms with Gasteiger partial charge < -0.3 is 10.5 Å². The smallest absolute Gasteiger partial charge is 0.129 e. The van der Waals surface area contributed by atoms with Gasteiger partial charge in [0.1, 0.15) is 5.82 Å². The number of hydrogen-bond donors (Lipinski definition) is 1. The summed E-state index contributed by atoms with van der Waals surface area (Å²) in [6, 6.07) is 4.88.